The van der Waals surface area contributed by atoms with E-state index in [0.717, 1.165) is 21.1 Å². The number of methoxy groups -OCH3 is 1. The average Bonchev–Trinajstić information content (AvgIpc) is 3.24. The summed E-state index contributed by atoms with van der Waals surface area (Å²) in [5.41, 5.74) is 2.90. The second-order valence-electron chi connectivity index (χ2n) is 5.81. The van der Waals surface area contributed by atoms with Crippen LogP contribution in [-0.4, -0.2) is 25.5 Å². The van der Waals surface area contributed by atoms with E-state index in [9.17, 15) is 9.59 Å². The maximum atomic E-state index is 12.9. The number of furan rings is 1. The fourth-order valence-electron chi connectivity index (χ4n) is 3.12. The van der Waals surface area contributed by atoms with Gasteiger partial charge in [0.1, 0.15) is 5.58 Å². The van der Waals surface area contributed by atoms with Crippen LogP contribution in [0.3, 0.4) is 0 Å². The Morgan fingerprint density at radius 3 is 2.80 bits per heavy atom. The lowest BCUT2D eigenvalue weighted by molar-refractivity contribution is 0.0600. The molecule has 0 N–H and O–H groups in total. The monoisotopic (exact) mass is 399 g/mol. The van der Waals surface area contributed by atoms with E-state index in [4.69, 9.17) is 9.15 Å². The molecule has 1 aromatic heterocycles. The Morgan fingerprint density at radius 2 is 2.04 bits per heavy atom. The molecule has 0 unspecified atom stereocenters. The quantitative estimate of drug-likeness (QED) is 0.606. The molecule has 0 bridgehead atoms. The minimum absolute atomic E-state index is 0.187. The summed E-state index contributed by atoms with van der Waals surface area (Å²) >= 11 is 3.43. The lowest BCUT2D eigenvalue weighted by atomic mass is 10.1. The average molecular weight is 400 g/mol. The molecule has 0 saturated heterocycles. The second-order valence-corrected chi connectivity index (χ2v) is 6.67. The van der Waals surface area contributed by atoms with Crippen LogP contribution in [0.1, 0.15) is 26.5 Å². The minimum Gasteiger partial charge on any atom is -0.465 e. The van der Waals surface area contributed by atoms with Crippen molar-refractivity contribution >= 4 is 44.5 Å². The van der Waals surface area contributed by atoms with E-state index in [0.29, 0.717) is 29.9 Å². The first-order chi connectivity index (χ1) is 12.1. The Bertz CT molecular complexity index is 1010. The maximum Gasteiger partial charge on any atom is 0.337 e. The highest BCUT2D eigenvalue weighted by Crippen LogP contribution is 2.32. The van der Waals surface area contributed by atoms with Crippen LogP contribution >= 0.6 is 15.9 Å². The number of amides is 1. The van der Waals surface area contributed by atoms with E-state index < -0.39 is 0 Å². The molecule has 3 aromatic rings. The number of esters is 1. The molecule has 6 heteroatoms. The van der Waals surface area contributed by atoms with Gasteiger partial charge in [-0.05, 0) is 58.2 Å². The van der Waals surface area contributed by atoms with Gasteiger partial charge in [0, 0.05) is 17.6 Å². The predicted octanol–water partition coefficient (Wildman–Crippen LogP) is 4.18. The van der Waals surface area contributed by atoms with Crippen molar-refractivity contribution in [3.63, 3.8) is 0 Å². The van der Waals surface area contributed by atoms with E-state index in [1.54, 1.807) is 29.2 Å². The number of carbonyl (C=O) groups is 2. The van der Waals surface area contributed by atoms with Gasteiger partial charge in [0.25, 0.3) is 5.91 Å². The molecule has 1 amide bonds. The number of carbonyl (C=O) groups excluding carboxylic acids is 2. The highest BCUT2D eigenvalue weighted by molar-refractivity contribution is 9.10. The summed E-state index contributed by atoms with van der Waals surface area (Å²) in [5, 5.41) is 0.873. The Hall–Kier alpha value is -2.60. The van der Waals surface area contributed by atoms with Crippen molar-refractivity contribution in [1.29, 1.82) is 0 Å². The number of rotatable bonds is 2. The fourth-order valence-corrected chi connectivity index (χ4v) is 3.59. The molecule has 25 heavy (non-hydrogen) atoms. The number of halogens is 1. The predicted molar refractivity (Wildman–Crippen MR) is 97.1 cm³/mol. The summed E-state index contributed by atoms with van der Waals surface area (Å²) in [7, 11) is 1.35. The van der Waals surface area contributed by atoms with E-state index in [-0.39, 0.29) is 11.9 Å². The minimum atomic E-state index is -0.380. The molecule has 4 rings (SSSR count). The van der Waals surface area contributed by atoms with Crippen molar-refractivity contribution in [2.24, 2.45) is 0 Å². The topological polar surface area (TPSA) is 59.8 Å². The van der Waals surface area contributed by atoms with E-state index >= 15 is 0 Å². The van der Waals surface area contributed by atoms with Crippen LogP contribution in [-0.2, 0) is 11.2 Å². The van der Waals surface area contributed by atoms with Crippen molar-refractivity contribution in [2.45, 2.75) is 6.42 Å². The molecule has 0 saturated carbocycles. The van der Waals surface area contributed by atoms with Gasteiger partial charge in [-0.3, -0.25) is 4.79 Å². The van der Waals surface area contributed by atoms with E-state index in [1.807, 2.05) is 18.2 Å². The van der Waals surface area contributed by atoms with Crippen LogP contribution in [0.4, 0.5) is 5.69 Å². The standard InChI is InChI=1S/C19H14BrNO4/c1-24-19(23)13-5-6-15-11(9-13)7-8-21(15)18(22)16-10-12-3-2-4-14(20)17(12)25-16/h2-6,9-10H,7-8H2,1H3. The van der Waals surface area contributed by atoms with E-state index in [2.05, 4.69) is 15.9 Å². The van der Waals surface area contributed by atoms with Crippen molar-refractivity contribution in [3.05, 3.63) is 63.8 Å². The molecule has 2 heterocycles. The smallest absolute Gasteiger partial charge is 0.337 e. The molecule has 0 fully saturated rings. The number of hydrogen-bond donors (Lipinski definition) is 0. The third-order valence-corrected chi connectivity index (χ3v) is 4.97. The van der Waals surface area contributed by atoms with Crippen molar-refractivity contribution in [3.8, 4) is 0 Å². The zero-order valence-corrected chi connectivity index (χ0v) is 15.0. The molecule has 126 valence electrons. The Balaban J connectivity index is 1.68. The number of fused-ring (bicyclic) bond motifs is 2. The lowest BCUT2D eigenvalue weighted by Gasteiger charge is -2.15. The Labute approximate surface area is 152 Å². The van der Waals surface area contributed by atoms with Crippen LogP contribution in [0.25, 0.3) is 11.0 Å². The summed E-state index contributed by atoms with van der Waals surface area (Å²) in [6.07, 6.45) is 0.690. The number of hydrogen-bond acceptors (Lipinski definition) is 4. The van der Waals surface area contributed by atoms with Crippen LogP contribution in [0.15, 0.2) is 51.4 Å². The second kappa shape index (κ2) is 6.04. The van der Waals surface area contributed by atoms with Crippen LogP contribution in [0.2, 0.25) is 0 Å². The largest absolute Gasteiger partial charge is 0.465 e. The number of anilines is 1. The van der Waals surface area contributed by atoms with Gasteiger partial charge in [0.05, 0.1) is 17.1 Å². The molecule has 0 radical (unpaired) electrons. The highest BCUT2D eigenvalue weighted by atomic mass is 79.9. The SMILES string of the molecule is COC(=O)c1ccc2c(c1)CCN2C(=O)c1cc2cccc(Br)c2o1. The molecule has 1 aliphatic heterocycles. The highest BCUT2D eigenvalue weighted by Gasteiger charge is 2.28. The van der Waals surface area contributed by atoms with Crippen molar-refractivity contribution in [1.82, 2.24) is 0 Å². The van der Waals surface area contributed by atoms with Gasteiger partial charge < -0.3 is 14.1 Å². The Morgan fingerprint density at radius 1 is 1.20 bits per heavy atom. The Kier molecular flexibility index (Phi) is 3.84. The van der Waals surface area contributed by atoms with Crippen molar-refractivity contribution < 1.29 is 18.7 Å². The van der Waals surface area contributed by atoms with Gasteiger partial charge in [0.15, 0.2) is 5.76 Å². The number of ether oxygens (including phenoxy) is 1. The van der Waals surface area contributed by atoms with Crippen LogP contribution in [0, 0.1) is 0 Å². The summed E-state index contributed by atoms with van der Waals surface area (Å²) < 4.78 is 11.3. The lowest BCUT2D eigenvalue weighted by Crippen LogP contribution is -2.28. The van der Waals surface area contributed by atoms with Gasteiger partial charge in [-0.1, -0.05) is 12.1 Å². The molecule has 1 aliphatic rings. The zero-order valence-electron chi connectivity index (χ0n) is 13.4. The molecule has 5 nitrogen and oxygen atoms in total. The third kappa shape index (κ3) is 2.62. The molecule has 0 atom stereocenters. The first kappa shape index (κ1) is 15.9. The first-order valence-electron chi connectivity index (χ1n) is 7.79. The summed E-state index contributed by atoms with van der Waals surface area (Å²) in [6, 6.07) is 12.7. The fraction of sp³-hybridized carbons (Fsp3) is 0.158. The first-order valence-corrected chi connectivity index (χ1v) is 8.59. The normalized spacial score (nSPS) is 13.1. The maximum absolute atomic E-state index is 12.9. The van der Waals surface area contributed by atoms with Gasteiger partial charge in [-0.25, -0.2) is 4.79 Å². The molecular formula is C19H14BrNO4. The van der Waals surface area contributed by atoms with Gasteiger partial charge in [-0.15, -0.1) is 0 Å². The van der Waals surface area contributed by atoms with E-state index in [1.165, 1.54) is 7.11 Å². The number of nitrogens with zero attached hydrogens (tertiary/aromatic N) is 1. The molecule has 0 aliphatic carbocycles. The third-order valence-electron chi connectivity index (χ3n) is 4.35. The summed E-state index contributed by atoms with van der Waals surface area (Å²) in [4.78, 5) is 26.2. The molecule has 0 spiro atoms. The zero-order chi connectivity index (χ0) is 17.6. The van der Waals surface area contributed by atoms with Crippen LogP contribution in [0.5, 0.6) is 0 Å². The molecule has 2 aromatic carbocycles. The van der Waals surface area contributed by atoms with Crippen molar-refractivity contribution in [2.75, 3.05) is 18.6 Å². The van der Waals surface area contributed by atoms with Gasteiger partial charge >= 0.3 is 5.97 Å². The van der Waals surface area contributed by atoms with Gasteiger partial charge in [-0.2, -0.15) is 0 Å². The number of benzene rings is 2. The summed E-state index contributed by atoms with van der Waals surface area (Å²) in [5.74, 6) is -0.269. The van der Waals surface area contributed by atoms with Gasteiger partial charge in [0.2, 0.25) is 0 Å². The number of para-hydroxylation sites is 1. The molecular weight excluding hydrogens is 386 g/mol. The van der Waals surface area contributed by atoms with Crippen LogP contribution < -0.4 is 4.90 Å². The summed E-state index contributed by atoms with van der Waals surface area (Å²) in [6.45, 7) is 0.553.